The standard InChI is InChI=1S/C10H14.HNO2S/c1-8(2)10-6-4-9(3)5-7-10;1-4(2)3/h4-8H,1-3H3;1H. The molecule has 0 unspecified atom stereocenters. The fourth-order valence-corrected chi connectivity index (χ4v) is 0.951. The van der Waals surface area contributed by atoms with Crippen molar-refractivity contribution in [1.82, 2.24) is 0 Å². The lowest BCUT2D eigenvalue weighted by Gasteiger charge is -2.03. The molecule has 78 valence electrons. The second-order valence-corrected chi connectivity index (χ2v) is 3.77. The number of benzene rings is 1. The molecule has 1 N–H and O–H groups in total. The molecule has 0 spiro atoms. The van der Waals surface area contributed by atoms with Crippen LogP contribution in [0.25, 0.3) is 0 Å². The van der Waals surface area contributed by atoms with Crippen LogP contribution in [-0.4, -0.2) is 8.42 Å². The van der Waals surface area contributed by atoms with Gasteiger partial charge in [-0.2, -0.15) is 13.2 Å². The maximum atomic E-state index is 8.67. The summed E-state index contributed by atoms with van der Waals surface area (Å²) in [5.41, 5.74) is 2.76. The Morgan fingerprint density at radius 2 is 1.50 bits per heavy atom. The largest absolute Gasteiger partial charge is 0.308 e. The summed E-state index contributed by atoms with van der Waals surface area (Å²) >= 11 is 0. The molecule has 0 bridgehead atoms. The Hall–Kier alpha value is -1.16. The van der Waals surface area contributed by atoms with Gasteiger partial charge in [-0.3, -0.25) is 0 Å². The molecule has 0 amide bonds. The molecule has 3 nitrogen and oxygen atoms in total. The van der Waals surface area contributed by atoms with E-state index in [0.717, 1.165) is 0 Å². The third-order valence-electron chi connectivity index (χ3n) is 1.74. The Morgan fingerprint density at radius 3 is 1.79 bits per heavy atom. The molecule has 1 rings (SSSR count). The fourth-order valence-electron chi connectivity index (χ4n) is 0.951. The number of nitrogens with one attached hydrogen (secondary N) is 1. The number of aryl methyl sites for hydroxylation is 1. The summed E-state index contributed by atoms with van der Waals surface area (Å²) in [5, 5.41) is 0. The molecule has 0 aromatic heterocycles. The Morgan fingerprint density at radius 1 is 1.14 bits per heavy atom. The number of hydrogen-bond donors (Lipinski definition) is 1. The SMILES string of the molecule is Cc1ccc(C(C)C)cc1.N=S(=O)=O. The van der Waals surface area contributed by atoms with Crippen LogP contribution in [0.15, 0.2) is 24.3 Å². The van der Waals surface area contributed by atoms with Gasteiger partial charge in [0.15, 0.2) is 0 Å². The van der Waals surface area contributed by atoms with E-state index in [4.69, 9.17) is 13.2 Å². The second kappa shape index (κ2) is 6.32. The third-order valence-corrected chi connectivity index (χ3v) is 1.74. The molecule has 0 saturated carbocycles. The monoisotopic (exact) mass is 213 g/mol. The van der Waals surface area contributed by atoms with E-state index in [9.17, 15) is 0 Å². The zero-order valence-corrected chi connectivity index (χ0v) is 9.43. The van der Waals surface area contributed by atoms with E-state index in [1.165, 1.54) is 11.1 Å². The van der Waals surface area contributed by atoms with E-state index in [1.807, 2.05) is 0 Å². The van der Waals surface area contributed by atoms with Gasteiger partial charge in [0.2, 0.25) is 0 Å². The first-order valence-electron chi connectivity index (χ1n) is 4.30. The molecular formula is C10H15NO2S. The van der Waals surface area contributed by atoms with Gasteiger partial charge < -0.3 is 0 Å². The van der Waals surface area contributed by atoms with Crippen molar-refractivity contribution in [3.8, 4) is 0 Å². The van der Waals surface area contributed by atoms with Crippen LogP contribution in [0.1, 0.15) is 30.9 Å². The topological polar surface area (TPSA) is 58.0 Å². The highest BCUT2D eigenvalue weighted by Crippen LogP contribution is 2.13. The smallest absolute Gasteiger partial charge is 0.188 e. The summed E-state index contributed by atoms with van der Waals surface area (Å²) in [6.45, 7) is 6.54. The maximum absolute atomic E-state index is 8.67. The lowest BCUT2D eigenvalue weighted by atomic mass is 10.0. The van der Waals surface area contributed by atoms with Crippen LogP contribution in [0.3, 0.4) is 0 Å². The highest BCUT2D eigenvalue weighted by atomic mass is 32.2. The lowest BCUT2D eigenvalue weighted by molar-refractivity contribution is 0.620. The lowest BCUT2D eigenvalue weighted by Crippen LogP contribution is -1.85. The van der Waals surface area contributed by atoms with Crippen molar-refractivity contribution in [2.75, 3.05) is 0 Å². The molecule has 0 fully saturated rings. The average molecular weight is 213 g/mol. The molecule has 0 aliphatic carbocycles. The summed E-state index contributed by atoms with van der Waals surface area (Å²) in [7, 11) is -2.61. The second-order valence-electron chi connectivity index (χ2n) is 3.30. The molecule has 0 heterocycles. The summed E-state index contributed by atoms with van der Waals surface area (Å²) < 4.78 is 22.8. The summed E-state index contributed by atoms with van der Waals surface area (Å²) in [5.74, 6) is 0.653. The average Bonchev–Trinajstić information content (AvgIpc) is 2.03. The van der Waals surface area contributed by atoms with Crippen LogP contribution in [0.2, 0.25) is 0 Å². The Labute approximate surface area is 86.3 Å². The highest BCUT2D eigenvalue weighted by Gasteiger charge is 1.95. The van der Waals surface area contributed by atoms with E-state index in [-0.39, 0.29) is 0 Å². The van der Waals surface area contributed by atoms with Crippen molar-refractivity contribution in [1.29, 1.82) is 4.78 Å². The quantitative estimate of drug-likeness (QED) is 0.779. The van der Waals surface area contributed by atoms with Gasteiger partial charge in [-0.15, -0.1) is 0 Å². The van der Waals surface area contributed by atoms with Crippen molar-refractivity contribution < 1.29 is 8.42 Å². The van der Waals surface area contributed by atoms with Gasteiger partial charge in [0.1, 0.15) is 0 Å². The van der Waals surface area contributed by atoms with E-state index < -0.39 is 10.5 Å². The third kappa shape index (κ3) is 6.37. The Bertz CT molecular complexity index is 357. The number of hydrogen-bond acceptors (Lipinski definition) is 3. The minimum Gasteiger partial charge on any atom is -0.188 e. The predicted octanol–water partition coefficient (Wildman–Crippen LogP) is 2.75. The summed E-state index contributed by atoms with van der Waals surface area (Å²) in [6.07, 6.45) is 0. The van der Waals surface area contributed by atoms with Crippen LogP contribution in [0.4, 0.5) is 0 Å². The highest BCUT2D eigenvalue weighted by molar-refractivity contribution is 7.60. The first kappa shape index (κ1) is 12.8. The Kier molecular flexibility index (Phi) is 5.79. The normalized spacial score (nSPS) is 9.14. The zero-order valence-electron chi connectivity index (χ0n) is 8.61. The molecule has 0 radical (unpaired) electrons. The minimum absolute atomic E-state index is 0.653. The molecule has 14 heavy (non-hydrogen) atoms. The van der Waals surface area contributed by atoms with E-state index in [1.54, 1.807) is 0 Å². The predicted molar refractivity (Wildman–Crippen MR) is 56.9 cm³/mol. The van der Waals surface area contributed by atoms with Crippen LogP contribution in [0, 0.1) is 11.7 Å². The van der Waals surface area contributed by atoms with Gasteiger partial charge in [0, 0.05) is 0 Å². The molecule has 0 aliphatic rings. The van der Waals surface area contributed by atoms with E-state index >= 15 is 0 Å². The van der Waals surface area contributed by atoms with E-state index in [0.29, 0.717) is 5.92 Å². The summed E-state index contributed by atoms with van der Waals surface area (Å²) in [4.78, 5) is 0. The number of rotatable bonds is 1. The molecule has 1 aromatic rings. The minimum atomic E-state index is -2.61. The van der Waals surface area contributed by atoms with E-state index in [2.05, 4.69) is 45.0 Å². The van der Waals surface area contributed by atoms with Crippen molar-refractivity contribution >= 4 is 10.5 Å². The van der Waals surface area contributed by atoms with Gasteiger partial charge in [-0.1, -0.05) is 43.7 Å². The molecule has 0 atom stereocenters. The van der Waals surface area contributed by atoms with Crippen LogP contribution < -0.4 is 0 Å². The van der Waals surface area contributed by atoms with Gasteiger partial charge in [-0.25, -0.2) is 0 Å². The van der Waals surface area contributed by atoms with Crippen molar-refractivity contribution in [2.24, 2.45) is 0 Å². The fraction of sp³-hybridized carbons (Fsp3) is 0.400. The summed E-state index contributed by atoms with van der Waals surface area (Å²) in [6, 6.07) is 8.71. The first-order chi connectivity index (χ1) is 6.43. The zero-order chi connectivity index (χ0) is 11.1. The molecule has 4 heteroatoms. The molecule has 0 aliphatic heterocycles. The van der Waals surface area contributed by atoms with Crippen LogP contribution in [-0.2, 0) is 10.5 Å². The van der Waals surface area contributed by atoms with Gasteiger partial charge >= 0.3 is 10.5 Å². The molecular weight excluding hydrogens is 198 g/mol. The van der Waals surface area contributed by atoms with Gasteiger partial charge in [0.05, 0.1) is 0 Å². The van der Waals surface area contributed by atoms with Gasteiger partial charge in [-0.05, 0) is 18.4 Å². The van der Waals surface area contributed by atoms with Crippen molar-refractivity contribution in [3.05, 3.63) is 35.4 Å². The maximum Gasteiger partial charge on any atom is 0.308 e. The van der Waals surface area contributed by atoms with Gasteiger partial charge in [0.25, 0.3) is 0 Å². The first-order valence-corrected chi connectivity index (χ1v) is 5.38. The molecule has 0 saturated heterocycles. The van der Waals surface area contributed by atoms with Crippen LogP contribution in [0.5, 0.6) is 0 Å². The molecule has 1 aromatic carbocycles. The van der Waals surface area contributed by atoms with Crippen molar-refractivity contribution in [2.45, 2.75) is 26.7 Å². The Balaban J connectivity index is 0.000000364. The van der Waals surface area contributed by atoms with Crippen molar-refractivity contribution in [3.63, 3.8) is 0 Å². The van der Waals surface area contributed by atoms with Crippen LogP contribution >= 0.6 is 0 Å².